The zero-order valence-corrected chi connectivity index (χ0v) is 14.0. The number of phenols is 4. The lowest BCUT2D eigenvalue weighted by molar-refractivity contribution is 0.439. The van der Waals surface area contributed by atoms with Gasteiger partial charge in [-0.25, -0.2) is 0 Å². The minimum Gasteiger partial charge on any atom is -0.508 e. The molecule has 0 atom stereocenters. The van der Waals surface area contributed by atoms with Crippen molar-refractivity contribution in [2.45, 2.75) is 46.0 Å². The second-order valence-electron chi connectivity index (χ2n) is 6.57. The Bertz CT molecular complexity index is 656. The van der Waals surface area contributed by atoms with E-state index in [1.165, 1.54) is 12.1 Å². The Balaban J connectivity index is 2.52. The first-order valence-corrected chi connectivity index (χ1v) is 7.80. The van der Waals surface area contributed by atoms with Crippen molar-refractivity contribution < 1.29 is 20.4 Å². The molecule has 4 heteroatoms. The van der Waals surface area contributed by atoms with Gasteiger partial charge in [-0.3, -0.25) is 0 Å². The third-order valence-electron chi connectivity index (χ3n) is 4.03. The van der Waals surface area contributed by atoms with Crippen LogP contribution in [0.4, 0.5) is 0 Å². The molecular weight excluding hydrogens is 292 g/mol. The molecule has 0 aliphatic heterocycles. The van der Waals surface area contributed by atoms with Crippen LogP contribution in [0.2, 0.25) is 0 Å². The van der Waals surface area contributed by atoms with Gasteiger partial charge in [-0.1, -0.05) is 27.7 Å². The first kappa shape index (κ1) is 17.0. The van der Waals surface area contributed by atoms with E-state index in [4.69, 9.17) is 0 Å². The van der Waals surface area contributed by atoms with Crippen LogP contribution >= 0.6 is 0 Å². The third kappa shape index (κ3) is 3.52. The Morgan fingerprint density at radius 1 is 0.652 bits per heavy atom. The average Bonchev–Trinajstić information content (AvgIpc) is 2.45. The maximum absolute atomic E-state index is 10.4. The normalized spacial score (nSPS) is 11.4. The summed E-state index contributed by atoms with van der Waals surface area (Å²) in [6.07, 6.45) is 0.222. The van der Waals surface area contributed by atoms with Gasteiger partial charge in [-0.05, 0) is 36.1 Å². The van der Waals surface area contributed by atoms with Crippen LogP contribution in [-0.4, -0.2) is 20.4 Å². The second-order valence-corrected chi connectivity index (χ2v) is 6.57. The summed E-state index contributed by atoms with van der Waals surface area (Å²) in [6, 6.07) is 6.07. The van der Waals surface area contributed by atoms with Crippen LogP contribution in [0.3, 0.4) is 0 Å². The zero-order valence-electron chi connectivity index (χ0n) is 14.0. The van der Waals surface area contributed by atoms with E-state index in [1.807, 2.05) is 27.7 Å². The standard InChI is InChI=1S/C19H24O4/c1-10(2)16-8-14(20)6-12(18(16)22)5-13-7-15(21)9-17(11(3)4)19(13)23/h6-11,20-23H,5H2,1-4H3. The van der Waals surface area contributed by atoms with Gasteiger partial charge in [-0.15, -0.1) is 0 Å². The lowest BCUT2D eigenvalue weighted by Gasteiger charge is -2.16. The number of rotatable bonds is 4. The Morgan fingerprint density at radius 2 is 1.00 bits per heavy atom. The average molecular weight is 316 g/mol. The molecule has 2 aromatic carbocycles. The van der Waals surface area contributed by atoms with Crippen molar-refractivity contribution in [1.82, 2.24) is 0 Å². The SMILES string of the molecule is CC(C)c1cc(O)cc(Cc2cc(O)cc(C(C)C)c2O)c1O. The molecule has 0 unspecified atom stereocenters. The quantitative estimate of drug-likeness (QED) is 0.632. The fourth-order valence-corrected chi connectivity index (χ4v) is 2.76. The van der Waals surface area contributed by atoms with Crippen molar-refractivity contribution in [3.8, 4) is 23.0 Å². The van der Waals surface area contributed by atoms with E-state index in [1.54, 1.807) is 12.1 Å². The van der Waals surface area contributed by atoms with Gasteiger partial charge in [0.25, 0.3) is 0 Å². The summed E-state index contributed by atoms with van der Waals surface area (Å²) < 4.78 is 0. The number of hydrogen-bond donors (Lipinski definition) is 4. The predicted octanol–water partition coefficient (Wildman–Crippen LogP) is 4.35. The smallest absolute Gasteiger partial charge is 0.122 e. The third-order valence-corrected chi connectivity index (χ3v) is 4.03. The first-order valence-electron chi connectivity index (χ1n) is 7.80. The van der Waals surface area contributed by atoms with Crippen LogP contribution in [0.15, 0.2) is 24.3 Å². The minimum atomic E-state index is 0.0600. The van der Waals surface area contributed by atoms with Gasteiger partial charge < -0.3 is 20.4 Å². The predicted molar refractivity (Wildman–Crippen MR) is 90.5 cm³/mol. The van der Waals surface area contributed by atoms with Gasteiger partial charge in [0.1, 0.15) is 23.0 Å². The summed E-state index contributed by atoms with van der Waals surface area (Å²) in [5.41, 5.74) is 2.35. The largest absolute Gasteiger partial charge is 0.508 e. The molecular formula is C19H24O4. The topological polar surface area (TPSA) is 80.9 Å². The van der Waals surface area contributed by atoms with Crippen molar-refractivity contribution in [2.24, 2.45) is 0 Å². The van der Waals surface area contributed by atoms with Gasteiger partial charge in [0.05, 0.1) is 0 Å². The molecule has 0 aliphatic carbocycles. The lowest BCUT2D eigenvalue weighted by atomic mass is 9.92. The highest BCUT2D eigenvalue weighted by atomic mass is 16.3. The highest BCUT2D eigenvalue weighted by Gasteiger charge is 2.17. The molecule has 23 heavy (non-hydrogen) atoms. The van der Waals surface area contributed by atoms with Gasteiger partial charge in [0.2, 0.25) is 0 Å². The van der Waals surface area contributed by atoms with E-state index in [9.17, 15) is 20.4 Å². The molecule has 0 aliphatic rings. The van der Waals surface area contributed by atoms with Crippen LogP contribution in [0, 0.1) is 0 Å². The lowest BCUT2D eigenvalue weighted by Crippen LogP contribution is -1.98. The monoisotopic (exact) mass is 316 g/mol. The molecule has 2 rings (SSSR count). The maximum atomic E-state index is 10.4. The fourth-order valence-electron chi connectivity index (χ4n) is 2.76. The fraction of sp³-hybridized carbons (Fsp3) is 0.368. The Kier molecular flexibility index (Phi) is 4.73. The van der Waals surface area contributed by atoms with Crippen LogP contribution < -0.4 is 0 Å². The molecule has 0 saturated carbocycles. The molecule has 124 valence electrons. The second kappa shape index (κ2) is 6.41. The van der Waals surface area contributed by atoms with E-state index >= 15 is 0 Å². The molecule has 0 spiro atoms. The summed E-state index contributed by atoms with van der Waals surface area (Å²) in [6.45, 7) is 7.73. The molecule has 0 amide bonds. The van der Waals surface area contributed by atoms with Crippen molar-refractivity contribution in [3.05, 3.63) is 46.5 Å². The molecule has 0 heterocycles. The molecule has 2 aromatic rings. The number of hydrogen-bond acceptors (Lipinski definition) is 4. The van der Waals surface area contributed by atoms with E-state index in [2.05, 4.69) is 0 Å². The zero-order chi connectivity index (χ0) is 17.3. The van der Waals surface area contributed by atoms with Crippen LogP contribution in [0.5, 0.6) is 23.0 Å². The Morgan fingerprint density at radius 3 is 1.30 bits per heavy atom. The highest BCUT2D eigenvalue weighted by molar-refractivity contribution is 5.53. The number of aromatic hydroxyl groups is 4. The maximum Gasteiger partial charge on any atom is 0.122 e. The summed E-state index contributed by atoms with van der Waals surface area (Å²) in [4.78, 5) is 0. The molecule has 0 bridgehead atoms. The van der Waals surface area contributed by atoms with E-state index in [0.717, 1.165) is 0 Å². The Hall–Kier alpha value is -2.36. The molecule has 0 fully saturated rings. The van der Waals surface area contributed by atoms with Crippen molar-refractivity contribution >= 4 is 0 Å². The van der Waals surface area contributed by atoms with Crippen LogP contribution in [-0.2, 0) is 6.42 Å². The van der Waals surface area contributed by atoms with Crippen molar-refractivity contribution in [2.75, 3.05) is 0 Å². The molecule has 0 radical (unpaired) electrons. The summed E-state index contributed by atoms with van der Waals surface area (Å²) in [7, 11) is 0. The van der Waals surface area contributed by atoms with Gasteiger partial charge in [0.15, 0.2) is 0 Å². The minimum absolute atomic E-state index is 0.0600. The van der Waals surface area contributed by atoms with E-state index in [-0.39, 0.29) is 41.3 Å². The molecule has 0 aromatic heterocycles. The van der Waals surface area contributed by atoms with Gasteiger partial charge in [0, 0.05) is 28.7 Å². The number of benzene rings is 2. The first-order chi connectivity index (χ1) is 10.7. The van der Waals surface area contributed by atoms with Crippen LogP contribution in [0.1, 0.15) is 61.8 Å². The van der Waals surface area contributed by atoms with Crippen molar-refractivity contribution in [3.63, 3.8) is 0 Å². The van der Waals surface area contributed by atoms with Crippen LogP contribution in [0.25, 0.3) is 0 Å². The summed E-state index contributed by atoms with van der Waals surface area (Å²) in [5.74, 6) is 0.503. The number of phenolic OH excluding ortho intramolecular Hbond substituents is 4. The van der Waals surface area contributed by atoms with Gasteiger partial charge in [-0.2, -0.15) is 0 Å². The van der Waals surface area contributed by atoms with Crippen molar-refractivity contribution in [1.29, 1.82) is 0 Å². The molecule has 0 saturated heterocycles. The Labute approximate surface area is 136 Å². The highest BCUT2D eigenvalue weighted by Crippen LogP contribution is 2.38. The summed E-state index contributed by atoms with van der Waals surface area (Å²) >= 11 is 0. The molecule has 4 nitrogen and oxygen atoms in total. The van der Waals surface area contributed by atoms with Gasteiger partial charge >= 0.3 is 0 Å². The molecule has 4 N–H and O–H groups in total. The summed E-state index contributed by atoms with van der Waals surface area (Å²) in [5, 5.41) is 40.6. The van der Waals surface area contributed by atoms with E-state index < -0.39 is 0 Å². The van der Waals surface area contributed by atoms with E-state index in [0.29, 0.717) is 22.3 Å².